The number of imide groups is 1. The highest BCUT2D eigenvalue weighted by Gasteiger charge is 2.45. The molecule has 1 unspecified atom stereocenters. The van der Waals surface area contributed by atoms with Gasteiger partial charge >= 0.3 is 6.03 Å². The number of benzene rings is 1. The lowest BCUT2D eigenvalue weighted by Crippen LogP contribution is -2.39. The molecule has 5 rings (SSSR count). The van der Waals surface area contributed by atoms with Gasteiger partial charge in [0.05, 0.1) is 25.6 Å². The highest BCUT2D eigenvalue weighted by molar-refractivity contribution is 7.09. The van der Waals surface area contributed by atoms with Crippen molar-refractivity contribution < 1.29 is 24.5 Å². The van der Waals surface area contributed by atoms with Gasteiger partial charge in [-0.1, -0.05) is 36.4 Å². The maximum absolute atomic E-state index is 13.5. The first kappa shape index (κ1) is 26.7. The van der Waals surface area contributed by atoms with Gasteiger partial charge in [-0.15, -0.1) is 11.3 Å². The Labute approximate surface area is 228 Å². The van der Waals surface area contributed by atoms with Crippen molar-refractivity contribution in [2.75, 3.05) is 18.9 Å². The maximum Gasteiger partial charge on any atom is 0.327 e. The summed E-state index contributed by atoms with van der Waals surface area (Å²) in [5.74, 6) is -0.0701. The van der Waals surface area contributed by atoms with Crippen molar-refractivity contribution in [3.63, 3.8) is 0 Å². The molecule has 1 fully saturated rings. The van der Waals surface area contributed by atoms with Crippen LogP contribution in [-0.4, -0.2) is 82.9 Å². The number of ether oxygens (including phenoxy) is 1. The molecule has 1 saturated heterocycles. The van der Waals surface area contributed by atoms with Crippen molar-refractivity contribution in [1.29, 1.82) is 0 Å². The number of carbonyl (C=O) groups excluding carboxylic acids is 2. The number of hydrogen-bond donors (Lipinski definition) is 3. The van der Waals surface area contributed by atoms with Crippen LogP contribution in [0.25, 0.3) is 11.2 Å². The molecule has 13 heteroatoms. The van der Waals surface area contributed by atoms with Gasteiger partial charge in [0.15, 0.2) is 11.5 Å². The Morgan fingerprint density at radius 2 is 1.92 bits per heavy atom. The Kier molecular flexibility index (Phi) is 8.12. The number of aliphatic hydroxyl groups excluding tert-OH is 2. The van der Waals surface area contributed by atoms with Crippen LogP contribution in [0.1, 0.15) is 16.9 Å². The summed E-state index contributed by atoms with van der Waals surface area (Å²) < 4.78 is 7.50. The fraction of sp³-hybridized carbons (Fsp3) is 0.346. The van der Waals surface area contributed by atoms with Gasteiger partial charge in [0.2, 0.25) is 0 Å². The van der Waals surface area contributed by atoms with Crippen LogP contribution in [0.15, 0.2) is 60.5 Å². The summed E-state index contributed by atoms with van der Waals surface area (Å²) in [5, 5.41) is 22.0. The van der Waals surface area contributed by atoms with E-state index in [0.717, 1.165) is 10.4 Å². The Morgan fingerprint density at radius 1 is 1.10 bits per heavy atom. The van der Waals surface area contributed by atoms with Crippen LogP contribution in [-0.2, 0) is 29.2 Å². The average Bonchev–Trinajstić information content (AvgIpc) is 3.67. The molecule has 12 nitrogen and oxygen atoms in total. The number of fused-ring (bicyclic) bond motifs is 1. The number of anilines is 1. The summed E-state index contributed by atoms with van der Waals surface area (Å²) in [6, 6.07) is 12.4. The first-order valence-corrected chi connectivity index (χ1v) is 13.3. The first-order chi connectivity index (χ1) is 19.0. The van der Waals surface area contributed by atoms with Gasteiger partial charge < -0.3 is 25.6 Å². The molecular formula is C26H29N7O5S. The van der Waals surface area contributed by atoms with Crippen molar-refractivity contribution in [1.82, 2.24) is 29.3 Å². The average molecular weight is 552 g/mol. The molecule has 3 amide bonds. The van der Waals surface area contributed by atoms with Gasteiger partial charge in [0, 0.05) is 17.8 Å². The van der Waals surface area contributed by atoms with Crippen LogP contribution in [0.4, 0.5) is 10.6 Å². The van der Waals surface area contributed by atoms with E-state index in [-0.39, 0.29) is 37.5 Å². The Balaban J connectivity index is 1.29. The number of urea groups is 1. The smallest absolute Gasteiger partial charge is 0.327 e. The van der Waals surface area contributed by atoms with Crippen LogP contribution in [0.5, 0.6) is 0 Å². The molecule has 4 heterocycles. The number of carbonyl (C=O) groups is 2. The summed E-state index contributed by atoms with van der Waals surface area (Å²) in [7, 11) is 0. The Morgan fingerprint density at radius 3 is 2.67 bits per heavy atom. The second-order valence-corrected chi connectivity index (χ2v) is 10.2. The highest BCUT2D eigenvalue weighted by atomic mass is 32.1. The molecule has 0 bridgehead atoms. The number of aromatic nitrogens is 4. The number of nitrogens with two attached hydrogens (primary N) is 1. The lowest BCUT2D eigenvalue weighted by atomic mass is 10.0. The Hall–Kier alpha value is -3.91. The number of rotatable bonds is 12. The van der Waals surface area contributed by atoms with Crippen molar-refractivity contribution in [2.45, 2.75) is 44.4 Å². The molecule has 0 aliphatic carbocycles. The van der Waals surface area contributed by atoms with Crippen LogP contribution < -0.4 is 5.73 Å². The third kappa shape index (κ3) is 5.76. The molecule has 0 spiro atoms. The maximum atomic E-state index is 13.5. The number of amides is 3. The second kappa shape index (κ2) is 11.9. The SMILES string of the molecule is Nc1ncnc2c1ncn2CO[C@H](CCN1C(=O)C(Cc2ccccc2)N(Cc2cccs2)C1=O)[C@@H](O)CO. The van der Waals surface area contributed by atoms with Gasteiger partial charge in [0.25, 0.3) is 5.91 Å². The molecule has 0 radical (unpaired) electrons. The quantitative estimate of drug-likeness (QED) is 0.222. The van der Waals surface area contributed by atoms with Crippen molar-refractivity contribution in [2.24, 2.45) is 0 Å². The van der Waals surface area contributed by atoms with E-state index in [1.54, 1.807) is 9.47 Å². The van der Waals surface area contributed by atoms with Gasteiger partial charge in [0.1, 0.15) is 30.7 Å². The lowest BCUT2D eigenvalue weighted by molar-refractivity contribution is -0.129. The summed E-state index contributed by atoms with van der Waals surface area (Å²) in [6.07, 6.45) is 1.22. The van der Waals surface area contributed by atoms with Crippen LogP contribution >= 0.6 is 11.3 Å². The van der Waals surface area contributed by atoms with Gasteiger partial charge in [-0.05, 0) is 23.4 Å². The normalized spacial score (nSPS) is 17.3. The fourth-order valence-corrected chi connectivity index (χ4v) is 5.32. The molecule has 0 saturated carbocycles. The molecule has 4 N–H and O–H groups in total. The largest absolute Gasteiger partial charge is 0.394 e. The minimum atomic E-state index is -1.23. The van der Waals surface area contributed by atoms with E-state index in [0.29, 0.717) is 24.1 Å². The van der Waals surface area contributed by atoms with Crippen molar-refractivity contribution in [3.8, 4) is 0 Å². The Bertz CT molecular complexity index is 1410. The van der Waals surface area contributed by atoms with Crippen LogP contribution in [0.3, 0.4) is 0 Å². The van der Waals surface area contributed by atoms with Crippen LogP contribution in [0, 0.1) is 0 Å². The van der Waals surface area contributed by atoms with E-state index in [2.05, 4.69) is 15.0 Å². The summed E-state index contributed by atoms with van der Waals surface area (Å²) in [4.78, 5) is 43.0. The first-order valence-electron chi connectivity index (χ1n) is 12.5. The van der Waals surface area contributed by atoms with Gasteiger partial charge in [-0.25, -0.2) is 19.7 Å². The van der Waals surface area contributed by atoms with E-state index in [9.17, 15) is 19.8 Å². The third-order valence-corrected chi connectivity index (χ3v) is 7.55. The minimum Gasteiger partial charge on any atom is -0.394 e. The fourth-order valence-electron chi connectivity index (χ4n) is 4.61. The molecule has 39 heavy (non-hydrogen) atoms. The number of thiophene rings is 1. The molecule has 1 aliphatic heterocycles. The predicted molar refractivity (Wildman–Crippen MR) is 143 cm³/mol. The topological polar surface area (TPSA) is 160 Å². The van der Waals surface area contributed by atoms with Crippen molar-refractivity contribution >= 4 is 40.3 Å². The molecule has 1 aliphatic rings. The molecule has 3 atom stereocenters. The number of nitrogens with zero attached hydrogens (tertiary/aromatic N) is 6. The summed E-state index contributed by atoms with van der Waals surface area (Å²) >= 11 is 1.53. The van der Waals surface area contributed by atoms with Crippen LogP contribution in [0.2, 0.25) is 0 Å². The predicted octanol–water partition coefficient (Wildman–Crippen LogP) is 1.63. The van der Waals surface area contributed by atoms with E-state index < -0.39 is 24.9 Å². The van der Waals surface area contributed by atoms with E-state index in [1.165, 1.54) is 28.9 Å². The van der Waals surface area contributed by atoms with Gasteiger partial charge in [-0.2, -0.15) is 0 Å². The third-order valence-electron chi connectivity index (χ3n) is 6.69. The molecule has 204 valence electrons. The zero-order valence-electron chi connectivity index (χ0n) is 21.0. The zero-order chi connectivity index (χ0) is 27.4. The zero-order valence-corrected chi connectivity index (χ0v) is 21.9. The van der Waals surface area contributed by atoms with E-state index in [4.69, 9.17) is 10.5 Å². The van der Waals surface area contributed by atoms with E-state index >= 15 is 0 Å². The summed E-state index contributed by atoms with van der Waals surface area (Å²) in [6.45, 7) is -0.245. The molecule has 4 aromatic rings. The minimum absolute atomic E-state index is 0.0193. The molecular weight excluding hydrogens is 522 g/mol. The van der Waals surface area contributed by atoms with Crippen molar-refractivity contribution in [3.05, 3.63) is 70.9 Å². The van der Waals surface area contributed by atoms with E-state index in [1.807, 2.05) is 47.8 Å². The molecule has 1 aromatic carbocycles. The number of nitrogen functional groups attached to an aromatic ring is 1. The number of imidazole rings is 1. The monoisotopic (exact) mass is 551 g/mol. The lowest BCUT2D eigenvalue weighted by Gasteiger charge is -2.24. The summed E-state index contributed by atoms with van der Waals surface area (Å²) in [5.41, 5.74) is 7.67. The standard InChI is InChI=1S/C26H29N7O5S/c27-23-22-24(29-14-28-23)31(15-30-22)16-38-21(20(35)13-34)8-9-32-25(36)19(11-17-5-2-1-3-6-17)33(26(32)37)12-18-7-4-10-39-18/h1-7,10,14-15,19-21,34-35H,8-9,11-13,16H2,(H2,27,28,29)/t19?,20-,21+/m0/s1. The number of hydrogen-bond acceptors (Lipinski definition) is 10. The highest BCUT2D eigenvalue weighted by Crippen LogP contribution is 2.26. The van der Waals surface area contributed by atoms with Gasteiger partial charge in [-0.3, -0.25) is 14.3 Å². The number of aliphatic hydroxyl groups is 2. The second-order valence-electron chi connectivity index (χ2n) is 9.20. The molecule has 3 aromatic heterocycles.